The van der Waals surface area contributed by atoms with Gasteiger partial charge < -0.3 is 10.6 Å². The summed E-state index contributed by atoms with van der Waals surface area (Å²) < 4.78 is 0. The molecule has 0 atom stereocenters. The van der Waals surface area contributed by atoms with Crippen LogP contribution in [-0.4, -0.2) is 4.98 Å². The average molecular weight is 211 g/mol. The zero-order chi connectivity index (χ0) is 10.8. The fourth-order valence-corrected chi connectivity index (χ4v) is 1.96. The Balaban J connectivity index is 1.86. The van der Waals surface area contributed by atoms with Gasteiger partial charge in [0.25, 0.3) is 0 Å². The van der Waals surface area contributed by atoms with Crippen molar-refractivity contribution in [2.24, 2.45) is 0 Å². The lowest BCUT2D eigenvalue weighted by Gasteiger charge is -2.06. The molecule has 16 heavy (non-hydrogen) atoms. The quantitative estimate of drug-likeness (QED) is 0.801. The summed E-state index contributed by atoms with van der Waals surface area (Å²) in [5, 5.41) is 6.63. The lowest BCUT2D eigenvalue weighted by molar-refractivity contribution is 0.765. The second-order valence-electron chi connectivity index (χ2n) is 3.93. The van der Waals surface area contributed by atoms with Gasteiger partial charge in [-0.1, -0.05) is 12.1 Å². The van der Waals surface area contributed by atoms with Crippen LogP contribution in [0.2, 0.25) is 0 Å². The van der Waals surface area contributed by atoms with Crippen molar-refractivity contribution < 1.29 is 0 Å². The predicted octanol–water partition coefficient (Wildman–Crippen LogP) is 2.43. The first-order chi connectivity index (χ1) is 7.92. The standard InChI is InChI=1S/C13H13N3/c1-2-6-15-13(3-1)16-12-5-4-10-8-14-9-11(10)7-12/h1-7,14H,8-9H2,(H,15,16). The highest BCUT2D eigenvalue weighted by molar-refractivity contribution is 5.58. The van der Waals surface area contributed by atoms with Crippen LogP contribution in [0.1, 0.15) is 11.1 Å². The summed E-state index contributed by atoms with van der Waals surface area (Å²) in [7, 11) is 0. The molecule has 0 saturated carbocycles. The Kier molecular flexibility index (Phi) is 2.31. The van der Waals surface area contributed by atoms with Gasteiger partial charge >= 0.3 is 0 Å². The van der Waals surface area contributed by atoms with Crippen LogP contribution in [0.15, 0.2) is 42.6 Å². The number of pyridine rings is 1. The van der Waals surface area contributed by atoms with Gasteiger partial charge in [0, 0.05) is 25.0 Å². The molecule has 0 bridgehead atoms. The second-order valence-corrected chi connectivity index (χ2v) is 3.93. The van der Waals surface area contributed by atoms with Crippen LogP contribution in [0.3, 0.4) is 0 Å². The third kappa shape index (κ3) is 1.77. The number of nitrogens with zero attached hydrogens (tertiary/aromatic N) is 1. The van der Waals surface area contributed by atoms with Gasteiger partial charge in [-0.25, -0.2) is 4.98 Å². The van der Waals surface area contributed by atoms with Crippen LogP contribution in [0, 0.1) is 0 Å². The van der Waals surface area contributed by atoms with E-state index in [1.807, 2.05) is 18.2 Å². The van der Waals surface area contributed by atoms with Gasteiger partial charge in [0.05, 0.1) is 0 Å². The summed E-state index contributed by atoms with van der Waals surface area (Å²) >= 11 is 0. The van der Waals surface area contributed by atoms with Gasteiger partial charge in [-0.2, -0.15) is 0 Å². The van der Waals surface area contributed by atoms with Crippen molar-refractivity contribution in [1.29, 1.82) is 0 Å². The molecule has 0 spiro atoms. The maximum absolute atomic E-state index is 4.24. The third-order valence-electron chi connectivity index (χ3n) is 2.77. The Morgan fingerprint density at radius 2 is 2.00 bits per heavy atom. The van der Waals surface area contributed by atoms with E-state index in [1.165, 1.54) is 11.1 Å². The van der Waals surface area contributed by atoms with Crippen molar-refractivity contribution in [3.63, 3.8) is 0 Å². The fourth-order valence-electron chi connectivity index (χ4n) is 1.96. The number of hydrogen-bond acceptors (Lipinski definition) is 3. The van der Waals surface area contributed by atoms with E-state index in [4.69, 9.17) is 0 Å². The smallest absolute Gasteiger partial charge is 0.130 e. The number of anilines is 2. The zero-order valence-corrected chi connectivity index (χ0v) is 8.90. The van der Waals surface area contributed by atoms with Crippen LogP contribution in [0.4, 0.5) is 11.5 Å². The van der Waals surface area contributed by atoms with Crippen LogP contribution in [0.5, 0.6) is 0 Å². The zero-order valence-electron chi connectivity index (χ0n) is 8.90. The van der Waals surface area contributed by atoms with Crippen molar-refractivity contribution in [2.75, 3.05) is 5.32 Å². The monoisotopic (exact) mass is 211 g/mol. The predicted molar refractivity (Wildman–Crippen MR) is 64.5 cm³/mol. The van der Waals surface area contributed by atoms with E-state index in [9.17, 15) is 0 Å². The Labute approximate surface area is 94.5 Å². The highest BCUT2D eigenvalue weighted by Gasteiger charge is 2.09. The van der Waals surface area contributed by atoms with E-state index in [1.54, 1.807) is 6.20 Å². The topological polar surface area (TPSA) is 37.0 Å². The fraction of sp³-hybridized carbons (Fsp3) is 0.154. The summed E-state index contributed by atoms with van der Waals surface area (Å²) in [6, 6.07) is 12.3. The molecule has 0 unspecified atom stereocenters. The summed E-state index contributed by atoms with van der Waals surface area (Å²) in [5.74, 6) is 0.883. The minimum atomic E-state index is 0.883. The van der Waals surface area contributed by atoms with Gasteiger partial charge in [0.2, 0.25) is 0 Å². The third-order valence-corrected chi connectivity index (χ3v) is 2.77. The molecule has 1 aromatic carbocycles. The number of rotatable bonds is 2. The Morgan fingerprint density at radius 1 is 1.06 bits per heavy atom. The van der Waals surface area contributed by atoms with Gasteiger partial charge in [-0.3, -0.25) is 0 Å². The Hall–Kier alpha value is -1.87. The van der Waals surface area contributed by atoms with E-state index >= 15 is 0 Å². The van der Waals surface area contributed by atoms with Crippen LogP contribution >= 0.6 is 0 Å². The van der Waals surface area contributed by atoms with Gasteiger partial charge in [0.15, 0.2) is 0 Å². The molecule has 3 rings (SSSR count). The molecule has 0 radical (unpaired) electrons. The van der Waals surface area contributed by atoms with Crippen molar-refractivity contribution in [2.45, 2.75) is 13.1 Å². The molecule has 1 aromatic heterocycles. The SMILES string of the molecule is c1ccc(Nc2ccc3c(c2)CNC3)nc1. The molecular weight excluding hydrogens is 198 g/mol. The van der Waals surface area contributed by atoms with E-state index in [0.29, 0.717) is 0 Å². The number of aromatic nitrogens is 1. The van der Waals surface area contributed by atoms with E-state index < -0.39 is 0 Å². The summed E-state index contributed by atoms with van der Waals surface area (Å²) in [6.07, 6.45) is 1.79. The molecule has 1 aliphatic rings. The van der Waals surface area contributed by atoms with Crippen molar-refractivity contribution >= 4 is 11.5 Å². The molecule has 2 heterocycles. The molecule has 3 nitrogen and oxygen atoms in total. The van der Waals surface area contributed by atoms with E-state index in [0.717, 1.165) is 24.6 Å². The molecule has 0 saturated heterocycles. The number of hydrogen-bond donors (Lipinski definition) is 2. The lowest BCUT2D eigenvalue weighted by atomic mass is 10.1. The van der Waals surface area contributed by atoms with E-state index in [2.05, 4.69) is 33.8 Å². The number of fused-ring (bicyclic) bond motifs is 1. The molecular formula is C13H13N3. The maximum atomic E-state index is 4.24. The molecule has 0 aliphatic carbocycles. The first-order valence-corrected chi connectivity index (χ1v) is 5.42. The number of nitrogens with one attached hydrogen (secondary N) is 2. The van der Waals surface area contributed by atoms with Crippen molar-refractivity contribution in [3.05, 3.63) is 53.7 Å². The van der Waals surface area contributed by atoms with Gasteiger partial charge in [-0.05, 0) is 35.4 Å². The summed E-state index contributed by atoms with van der Waals surface area (Å²) in [6.45, 7) is 1.95. The summed E-state index contributed by atoms with van der Waals surface area (Å²) in [4.78, 5) is 4.24. The second kappa shape index (κ2) is 3.94. The van der Waals surface area contributed by atoms with Crippen LogP contribution in [0.25, 0.3) is 0 Å². The first-order valence-electron chi connectivity index (χ1n) is 5.42. The van der Waals surface area contributed by atoms with Crippen molar-refractivity contribution in [3.8, 4) is 0 Å². The molecule has 0 amide bonds. The highest BCUT2D eigenvalue weighted by atomic mass is 15.0. The summed E-state index contributed by atoms with van der Waals surface area (Å²) in [5.41, 5.74) is 3.87. The molecule has 1 aliphatic heterocycles. The van der Waals surface area contributed by atoms with Crippen LogP contribution < -0.4 is 10.6 Å². The van der Waals surface area contributed by atoms with E-state index in [-0.39, 0.29) is 0 Å². The molecule has 80 valence electrons. The lowest BCUT2D eigenvalue weighted by Crippen LogP contribution is -1.99. The normalized spacial score (nSPS) is 13.5. The Morgan fingerprint density at radius 3 is 2.88 bits per heavy atom. The molecule has 2 N–H and O–H groups in total. The van der Waals surface area contributed by atoms with Crippen LogP contribution in [-0.2, 0) is 13.1 Å². The van der Waals surface area contributed by atoms with Crippen molar-refractivity contribution in [1.82, 2.24) is 10.3 Å². The molecule has 0 fully saturated rings. The van der Waals surface area contributed by atoms with Gasteiger partial charge in [-0.15, -0.1) is 0 Å². The maximum Gasteiger partial charge on any atom is 0.130 e. The molecule has 2 aromatic rings. The minimum absolute atomic E-state index is 0.883. The Bertz CT molecular complexity index is 494. The van der Waals surface area contributed by atoms with Gasteiger partial charge in [0.1, 0.15) is 5.82 Å². The molecule has 3 heteroatoms. The highest BCUT2D eigenvalue weighted by Crippen LogP contribution is 2.21. The largest absolute Gasteiger partial charge is 0.340 e. The first kappa shape index (κ1) is 9.36. The minimum Gasteiger partial charge on any atom is -0.340 e. The average Bonchev–Trinajstić information content (AvgIpc) is 2.77. The number of benzene rings is 1.